The lowest BCUT2D eigenvalue weighted by Gasteiger charge is -2.33. The SMILES string of the molecule is Bc1cccc(C#CC(C)(C)CC(C)(CC)OC(=O)C=C)c1. The Kier molecular flexibility index (Phi) is 6.06. The Labute approximate surface area is 135 Å². The molecule has 0 fully saturated rings. The Morgan fingerprint density at radius 2 is 2.09 bits per heavy atom. The molecule has 0 saturated carbocycles. The van der Waals surface area contributed by atoms with E-state index >= 15 is 0 Å². The van der Waals surface area contributed by atoms with Gasteiger partial charge in [0.15, 0.2) is 0 Å². The van der Waals surface area contributed by atoms with Gasteiger partial charge in [0.05, 0.1) is 0 Å². The van der Waals surface area contributed by atoms with Gasteiger partial charge in [-0.15, -0.1) is 0 Å². The number of benzene rings is 1. The van der Waals surface area contributed by atoms with E-state index in [1.807, 2.05) is 26.0 Å². The zero-order valence-electron chi connectivity index (χ0n) is 14.3. The van der Waals surface area contributed by atoms with Crippen LogP contribution in [0.2, 0.25) is 0 Å². The first-order chi connectivity index (χ1) is 10.2. The first-order valence-corrected chi connectivity index (χ1v) is 7.65. The molecule has 1 aromatic carbocycles. The highest BCUT2D eigenvalue weighted by Gasteiger charge is 2.33. The van der Waals surface area contributed by atoms with Crippen molar-refractivity contribution in [1.82, 2.24) is 0 Å². The molecule has 1 aromatic rings. The number of ether oxygens (including phenoxy) is 1. The second-order valence-corrected chi connectivity index (χ2v) is 6.61. The molecule has 0 aliphatic carbocycles. The van der Waals surface area contributed by atoms with Crippen LogP contribution < -0.4 is 5.46 Å². The van der Waals surface area contributed by atoms with Crippen molar-refractivity contribution in [2.24, 2.45) is 5.41 Å². The maximum atomic E-state index is 11.5. The van der Waals surface area contributed by atoms with Gasteiger partial charge in [0.1, 0.15) is 13.4 Å². The zero-order valence-corrected chi connectivity index (χ0v) is 14.3. The fourth-order valence-corrected chi connectivity index (χ4v) is 2.46. The van der Waals surface area contributed by atoms with E-state index in [1.165, 1.54) is 11.5 Å². The van der Waals surface area contributed by atoms with Crippen LogP contribution in [0, 0.1) is 17.3 Å². The van der Waals surface area contributed by atoms with Crippen LogP contribution in [0.5, 0.6) is 0 Å². The fourth-order valence-electron chi connectivity index (χ4n) is 2.46. The van der Waals surface area contributed by atoms with E-state index in [9.17, 15) is 4.79 Å². The molecule has 0 aliphatic rings. The molecule has 0 spiro atoms. The normalized spacial score (nSPS) is 13.5. The molecule has 1 unspecified atom stereocenters. The molecular weight excluding hydrogens is 271 g/mol. The van der Waals surface area contributed by atoms with Gasteiger partial charge in [0.2, 0.25) is 0 Å². The summed E-state index contributed by atoms with van der Waals surface area (Å²) in [6.07, 6.45) is 2.62. The Morgan fingerprint density at radius 1 is 1.41 bits per heavy atom. The lowest BCUT2D eigenvalue weighted by atomic mass is 9.80. The summed E-state index contributed by atoms with van der Waals surface area (Å²) >= 11 is 0. The quantitative estimate of drug-likeness (QED) is 0.361. The summed E-state index contributed by atoms with van der Waals surface area (Å²) in [5.74, 6) is 6.16. The minimum absolute atomic E-state index is 0.254. The summed E-state index contributed by atoms with van der Waals surface area (Å²) in [7, 11) is 2.05. The Bertz CT molecular complexity index is 607. The molecule has 0 saturated heterocycles. The highest BCUT2D eigenvalue weighted by molar-refractivity contribution is 6.32. The highest BCUT2D eigenvalue weighted by Crippen LogP contribution is 2.32. The van der Waals surface area contributed by atoms with E-state index in [2.05, 4.69) is 52.2 Å². The molecule has 116 valence electrons. The van der Waals surface area contributed by atoms with Gasteiger partial charge in [-0.25, -0.2) is 4.79 Å². The van der Waals surface area contributed by atoms with E-state index in [4.69, 9.17) is 4.74 Å². The Balaban J connectivity index is 2.90. The third-order valence-corrected chi connectivity index (χ3v) is 3.64. The molecule has 0 N–H and O–H groups in total. The molecule has 0 aromatic heterocycles. The van der Waals surface area contributed by atoms with E-state index in [0.717, 1.165) is 12.0 Å². The van der Waals surface area contributed by atoms with Crippen molar-refractivity contribution in [3.63, 3.8) is 0 Å². The summed E-state index contributed by atoms with van der Waals surface area (Å²) in [5, 5.41) is 0. The average Bonchev–Trinajstić information content (AvgIpc) is 2.44. The molecule has 0 aliphatic heterocycles. The lowest BCUT2D eigenvalue weighted by molar-refractivity contribution is -0.154. The molecule has 0 bridgehead atoms. The molecule has 0 heterocycles. The first kappa shape index (κ1) is 18.1. The van der Waals surface area contributed by atoms with Crippen LogP contribution in [0.4, 0.5) is 0 Å². The average molecular weight is 296 g/mol. The zero-order chi connectivity index (χ0) is 16.8. The van der Waals surface area contributed by atoms with E-state index < -0.39 is 5.60 Å². The molecule has 0 radical (unpaired) electrons. The van der Waals surface area contributed by atoms with Crippen molar-refractivity contribution in [2.45, 2.75) is 46.1 Å². The summed E-state index contributed by atoms with van der Waals surface area (Å²) in [5.41, 5.74) is 1.42. The first-order valence-electron chi connectivity index (χ1n) is 7.65. The topological polar surface area (TPSA) is 26.3 Å². The number of carbonyl (C=O) groups excluding carboxylic acids is 1. The molecule has 1 atom stereocenters. The van der Waals surface area contributed by atoms with Crippen LogP contribution >= 0.6 is 0 Å². The van der Waals surface area contributed by atoms with Crippen molar-refractivity contribution in [3.8, 4) is 11.8 Å². The summed E-state index contributed by atoms with van der Waals surface area (Å²) in [6, 6.07) is 8.14. The minimum atomic E-state index is -0.532. The molecule has 22 heavy (non-hydrogen) atoms. The molecule has 3 heteroatoms. The number of rotatable bonds is 5. The van der Waals surface area contributed by atoms with Gasteiger partial charge in [0, 0.05) is 23.5 Å². The van der Waals surface area contributed by atoms with E-state index in [0.29, 0.717) is 6.42 Å². The van der Waals surface area contributed by atoms with Gasteiger partial charge in [-0.2, -0.15) is 0 Å². The van der Waals surface area contributed by atoms with Crippen LogP contribution in [-0.4, -0.2) is 19.4 Å². The van der Waals surface area contributed by atoms with Crippen molar-refractivity contribution in [1.29, 1.82) is 0 Å². The summed E-state index contributed by atoms with van der Waals surface area (Å²) < 4.78 is 5.52. The molecule has 2 nitrogen and oxygen atoms in total. The fraction of sp³-hybridized carbons (Fsp3) is 0.421. The predicted molar refractivity (Wildman–Crippen MR) is 94.9 cm³/mol. The van der Waals surface area contributed by atoms with Gasteiger partial charge < -0.3 is 4.74 Å². The van der Waals surface area contributed by atoms with E-state index in [1.54, 1.807) is 0 Å². The van der Waals surface area contributed by atoms with Crippen LogP contribution in [0.1, 0.15) is 46.1 Å². The maximum Gasteiger partial charge on any atom is 0.330 e. The summed E-state index contributed by atoms with van der Waals surface area (Å²) in [6.45, 7) is 11.6. The largest absolute Gasteiger partial charge is 0.456 e. The van der Waals surface area contributed by atoms with Gasteiger partial charge in [-0.05, 0) is 33.3 Å². The van der Waals surface area contributed by atoms with Gasteiger partial charge in [-0.1, -0.05) is 49.0 Å². The van der Waals surface area contributed by atoms with Crippen molar-refractivity contribution in [3.05, 3.63) is 42.5 Å². The highest BCUT2D eigenvalue weighted by atomic mass is 16.6. The van der Waals surface area contributed by atoms with Crippen molar-refractivity contribution >= 4 is 19.3 Å². The Hall–Kier alpha value is -1.95. The van der Waals surface area contributed by atoms with Crippen LogP contribution in [0.25, 0.3) is 0 Å². The Morgan fingerprint density at radius 3 is 2.64 bits per heavy atom. The number of esters is 1. The maximum absolute atomic E-state index is 11.5. The van der Waals surface area contributed by atoms with Gasteiger partial charge in [-0.3, -0.25) is 0 Å². The smallest absolute Gasteiger partial charge is 0.330 e. The van der Waals surface area contributed by atoms with Crippen LogP contribution in [-0.2, 0) is 9.53 Å². The second-order valence-electron chi connectivity index (χ2n) is 6.61. The third-order valence-electron chi connectivity index (χ3n) is 3.64. The molecule has 0 amide bonds. The van der Waals surface area contributed by atoms with E-state index in [-0.39, 0.29) is 11.4 Å². The minimum Gasteiger partial charge on any atom is -0.456 e. The predicted octanol–water partition coefficient (Wildman–Crippen LogP) is 2.61. The number of hydrogen-bond acceptors (Lipinski definition) is 2. The lowest BCUT2D eigenvalue weighted by Crippen LogP contribution is -2.35. The van der Waals surface area contributed by atoms with Crippen molar-refractivity contribution < 1.29 is 9.53 Å². The van der Waals surface area contributed by atoms with Crippen molar-refractivity contribution in [2.75, 3.05) is 0 Å². The van der Waals surface area contributed by atoms with Gasteiger partial charge in [0.25, 0.3) is 0 Å². The number of carbonyl (C=O) groups is 1. The standard InChI is InChI=1S/C19H25BO2/c1-6-17(21)22-19(5,7-2)14-18(3,4)12-11-15-9-8-10-16(20)13-15/h6,8-10,13H,1,7,14,20H2,2-5H3. The third kappa shape index (κ3) is 5.81. The van der Waals surface area contributed by atoms with Crippen LogP contribution in [0.15, 0.2) is 36.9 Å². The van der Waals surface area contributed by atoms with Crippen LogP contribution in [0.3, 0.4) is 0 Å². The van der Waals surface area contributed by atoms with Gasteiger partial charge >= 0.3 is 5.97 Å². The molecule has 1 rings (SSSR count). The summed E-state index contributed by atoms with van der Waals surface area (Å²) in [4.78, 5) is 11.5. The molecular formula is C19H25BO2. The second kappa shape index (κ2) is 7.36. The monoisotopic (exact) mass is 296 g/mol. The number of hydrogen-bond donors (Lipinski definition) is 0.